The quantitative estimate of drug-likeness (QED) is 0.588. The summed E-state index contributed by atoms with van der Waals surface area (Å²) in [7, 11) is 0. The van der Waals surface area contributed by atoms with Gasteiger partial charge in [0.05, 0.1) is 6.61 Å². The van der Waals surface area contributed by atoms with Gasteiger partial charge in [-0.2, -0.15) is 0 Å². The van der Waals surface area contributed by atoms with Crippen molar-refractivity contribution >= 4 is 22.6 Å². The van der Waals surface area contributed by atoms with Crippen LogP contribution in [0.2, 0.25) is 0 Å². The number of unbranched alkanes of at least 4 members (excludes halogenated alkanes) is 2. The summed E-state index contributed by atoms with van der Waals surface area (Å²) in [4.78, 5) is 12.7. The maximum Gasteiger partial charge on any atom is 0.167 e. The minimum absolute atomic E-state index is 0.227. The Morgan fingerprint density at radius 3 is 2.54 bits per heavy atom. The summed E-state index contributed by atoms with van der Waals surface area (Å²) in [5, 5.41) is 2.32. The molecule has 0 aliphatic heterocycles. The molecule has 1 aliphatic rings. The molecule has 0 amide bonds. The van der Waals surface area contributed by atoms with Gasteiger partial charge in [-0.15, -0.1) is 0 Å². The SMILES string of the molecule is CCCCOc1c2c(c(CCCC)c3ccccc13)C(=O)CC=C2. The number of carbonyl (C=O) groups is 1. The summed E-state index contributed by atoms with van der Waals surface area (Å²) < 4.78 is 6.16. The molecule has 24 heavy (non-hydrogen) atoms. The van der Waals surface area contributed by atoms with Gasteiger partial charge < -0.3 is 4.74 Å². The highest BCUT2D eigenvalue weighted by atomic mass is 16.5. The van der Waals surface area contributed by atoms with Crippen LogP contribution in [0.25, 0.3) is 16.8 Å². The van der Waals surface area contributed by atoms with E-state index in [4.69, 9.17) is 4.74 Å². The third kappa shape index (κ3) is 3.10. The zero-order chi connectivity index (χ0) is 16.9. The minimum atomic E-state index is 0.227. The molecule has 3 rings (SSSR count). The fraction of sp³-hybridized carbons (Fsp3) is 0.409. The Hall–Kier alpha value is -2.09. The largest absolute Gasteiger partial charge is 0.492 e. The first-order valence-corrected chi connectivity index (χ1v) is 9.18. The molecule has 0 saturated heterocycles. The van der Waals surface area contributed by atoms with E-state index in [1.54, 1.807) is 0 Å². The highest BCUT2D eigenvalue weighted by Crippen LogP contribution is 2.40. The molecule has 2 aromatic carbocycles. The van der Waals surface area contributed by atoms with Crippen LogP contribution in [0.3, 0.4) is 0 Å². The average molecular weight is 322 g/mol. The standard InChI is InChI=1S/C22H26O2/c1-3-5-10-17-16-11-7-8-12-18(16)22(24-15-6-4-2)19-13-9-14-20(23)21(17)19/h7-9,11-13H,3-6,10,14-15H2,1-2H3. The number of ether oxygens (including phenoxy) is 1. The molecule has 0 N–H and O–H groups in total. The van der Waals surface area contributed by atoms with E-state index in [9.17, 15) is 4.79 Å². The van der Waals surface area contributed by atoms with Gasteiger partial charge in [0.15, 0.2) is 5.78 Å². The summed E-state index contributed by atoms with van der Waals surface area (Å²) >= 11 is 0. The Bertz CT molecular complexity index is 771. The summed E-state index contributed by atoms with van der Waals surface area (Å²) in [6.45, 7) is 5.05. The number of rotatable bonds is 7. The van der Waals surface area contributed by atoms with Crippen molar-refractivity contribution in [1.29, 1.82) is 0 Å². The molecule has 0 heterocycles. The Morgan fingerprint density at radius 1 is 1.04 bits per heavy atom. The number of carbonyl (C=O) groups excluding carboxylic acids is 1. The number of hydrogen-bond donors (Lipinski definition) is 0. The predicted molar refractivity (Wildman–Crippen MR) is 101 cm³/mol. The number of hydrogen-bond acceptors (Lipinski definition) is 2. The van der Waals surface area contributed by atoms with Crippen LogP contribution in [-0.4, -0.2) is 12.4 Å². The molecule has 0 radical (unpaired) electrons. The number of benzene rings is 2. The normalized spacial score (nSPS) is 13.3. The van der Waals surface area contributed by atoms with Gasteiger partial charge in [-0.1, -0.05) is 63.1 Å². The van der Waals surface area contributed by atoms with Crippen LogP contribution < -0.4 is 4.74 Å². The Morgan fingerprint density at radius 2 is 1.79 bits per heavy atom. The van der Waals surface area contributed by atoms with E-state index in [0.29, 0.717) is 13.0 Å². The minimum Gasteiger partial charge on any atom is -0.492 e. The van der Waals surface area contributed by atoms with Gasteiger partial charge >= 0.3 is 0 Å². The van der Waals surface area contributed by atoms with Crippen molar-refractivity contribution in [2.75, 3.05) is 6.61 Å². The van der Waals surface area contributed by atoms with Crippen molar-refractivity contribution in [2.45, 2.75) is 52.4 Å². The first-order chi connectivity index (χ1) is 11.8. The van der Waals surface area contributed by atoms with E-state index >= 15 is 0 Å². The number of allylic oxidation sites excluding steroid dienone is 1. The summed E-state index contributed by atoms with van der Waals surface area (Å²) in [5.41, 5.74) is 3.10. The molecule has 0 aromatic heterocycles. The molecule has 126 valence electrons. The molecule has 0 atom stereocenters. The summed E-state index contributed by atoms with van der Waals surface area (Å²) in [6, 6.07) is 8.38. The van der Waals surface area contributed by atoms with Gasteiger partial charge in [0.2, 0.25) is 0 Å². The second-order valence-corrected chi connectivity index (χ2v) is 6.48. The predicted octanol–water partition coefficient (Wildman–Crippen LogP) is 5.96. The fourth-order valence-corrected chi connectivity index (χ4v) is 3.45. The molecule has 0 spiro atoms. The van der Waals surface area contributed by atoms with Crippen molar-refractivity contribution in [3.05, 3.63) is 47.0 Å². The number of aryl methyl sites for hydroxylation is 1. The van der Waals surface area contributed by atoms with Crippen LogP contribution in [0, 0.1) is 0 Å². The fourth-order valence-electron chi connectivity index (χ4n) is 3.45. The number of Topliss-reactive ketones (excluding diaryl/α,β-unsaturated/α-hetero) is 1. The molecule has 0 unspecified atom stereocenters. The third-order valence-electron chi connectivity index (χ3n) is 4.70. The number of ketones is 1. The van der Waals surface area contributed by atoms with Gasteiger partial charge in [0, 0.05) is 22.9 Å². The summed E-state index contributed by atoms with van der Waals surface area (Å²) in [6.07, 6.45) is 9.86. The monoisotopic (exact) mass is 322 g/mol. The molecule has 2 heteroatoms. The molecule has 0 saturated carbocycles. The van der Waals surface area contributed by atoms with E-state index in [-0.39, 0.29) is 5.78 Å². The molecular formula is C22H26O2. The molecule has 0 fully saturated rings. The van der Waals surface area contributed by atoms with Gasteiger partial charge in [-0.05, 0) is 30.2 Å². The first kappa shape index (κ1) is 16.8. The van der Waals surface area contributed by atoms with E-state index in [1.807, 2.05) is 6.08 Å². The van der Waals surface area contributed by atoms with Crippen molar-refractivity contribution in [3.8, 4) is 5.75 Å². The zero-order valence-corrected chi connectivity index (χ0v) is 14.7. The lowest BCUT2D eigenvalue weighted by atomic mass is 9.85. The Balaban J connectivity index is 2.23. The first-order valence-electron chi connectivity index (χ1n) is 9.18. The summed E-state index contributed by atoms with van der Waals surface area (Å²) in [5.74, 6) is 1.11. The van der Waals surface area contributed by atoms with Crippen LogP contribution in [0.15, 0.2) is 30.3 Å². The Kier molecular flexibility index (Phi) is 5.34. The van der Waals surface area contributed by atoms with Crippen molar-refractivity contribution in [2.24, 2.45) is 0 Å². The van der Waals surface area contributed by atoms with E-state index in [2.05, 4.69) is 44.2 Å². The van der Waals surface area contributed by atoms with Gasteiger partial charge in [0.25, 0.3) is 0 Å². The van der Waals surface area contributed by atoms with Crippen LogP contribution in [0.5, 0.6) is 5.75 Å². The lowest BCUT2D eigenvalue weighted by molar-refractivity contribution is 0.0993. The van der Waals surface area contributed by atoms with E-state index in [1.165, 1.54) is 10.9 Å². The lowest BCUT2D eigenvalue weighted by Gasteiger charge is -2.22. The van der Waals surface area contributed by atoms with E-state index in [0.717, 1.165) is 54.4 Å². The topological polar surface area (TPSA) is 26.3 Å². The lowest BCUT2D eigenvalue weighted by Crippen LogP contribution is -2.12. The number of fused-ring (bicyclic) bond motifs is 2. The second kappa shape index (κ2) is 7.65. The smallest absolute Gasteiger partial charge is 0.167 e. The maximum atomic E-state index is 12.7. The Labute approximate surface area is 144 Å². The molecule has 2 nitrogen and oxygen atoms in total. The van der Waals surface area contributed by atoms with E-state index < -0.39 is 0 Å². The van der Waals surface area contributed by atoms with Gasteiger partial charge in [-0.3, -0.25) is 4.79 Å². The average Bonchev–Trinajstić information content (AvgIpc) is 2.61. The van der Waals surface area contributed by atoms with Crippen molar-refractivity contribution in [3.63, 3.8) is 0 Å². The van der Waals surface area contributed by atoms with Gasteiger partial charge in [-0.25, -0.2) is 0 Å². The molecular weight excluding hydrogens is 296 g/mol. The van der Waals surface area contributed by atoms with Crippen molar-refractivity contribution < 1.29 is 9.53 Å². The van der Waals surface area contributed by atoms with Crippen LogP contribution in [-0.2, 0) is 6.42 Å². The molecule has 1 aliphatic carbocycles. The third-order valence-corrected chi connectivity index (χ3v) is 4.70. The zero-order valence-electron chi connectivity index (χ0n) is 14.7. The highest BCUT2D eigenvalue weighted by Gasteiger charge is 2.24. The highest BCUT2D eigenvalue weighted by molar-refractivity contribution is 6.11. The van der Waals surface area contributed by atoms with Crippen LogP contribution in [0.4, 0.5) is 0 Å². The van der Waals surface area contributed by atoms with Crippen molar-refractivity contribution in [1.82, 2.24) is 0 Å². The van der Waals surface area contributed by atoms with Gasteiger partial charge in [0.1, 0.15) is 5.75 Å². The molecule has 0 bridgehead atoms. The van der Waals surface area contributed by atoms with Crippen LogP contribution in [0.1, 0.15) is 67.4 Å². The maximum absolute atomic E-state index is 12.7. The molecule has 2 aromatic rings. The van der Waals surface area contributed by atoms with Crippen LogP contribution >= 0.6 is 0 Å². The second-order valence-electron chi connectivity index (χ2n) is 6.48.